The molecular weight excluding hydrogens is 176 g/mol. The second-order valence-electron chi connectivity index (χ2n) is 2.32. The van der Waals surface area contributed by atoms with Crippen LogP contribution in [0.4, 0.5) is 0 Å². The molecule has 0 atom stereocenters. The minimum Gasteiger partial charge on any atom is -0.480 e. The van der Waals surface area contributed by atoms with Crippen molar-refractivity contribution in [2.24, 2.45) is 0 Å². The molecule has 1 aromatic rings. The number of carbonyl (C=O) groups is 1. The Balaban J connectivity index is 2.36. The highest BCUT2D eigenvalue weighted by atomic mass is 32.2. The third-order valence-corrected chi connectivity index (χ3v) is 2.09. The number of carboxylic acid groups (broad SMARTS) is 1. The summed E-state index contributed by atoms with van der Waals surface area (Å²) in [6, 6.07) is 1.89. The number of hydrogen-bond donors (Lipinski definition) is 2. The summed E-state index contributed by atoms with van der Waals surface area (Å²) in [6.07, 6.45) is 3.62. The van der Waals surface area contributed by atoms with Gasteiger partial charge in [-0.1, -0.05) is 0 Å². The standard InChI is InChI=1S/C7H10N2O2S/c1-9(5-7(10)11)12-6-2-3-8-4-6/h2-4,8H,5H2,1H3,(H,10,11). The Morgan fingerprint density at radius 1 is 1.83 bits per heavy atom. The fourth-order valence-corrected chi connectivity index (χ4v) is 1.55. The Bertz CT molecular complexity index is 248. The molecule has 66 valence electrons. The monoisotopic (exact) mass is 186 g/mol. The van der Waals surface area contributed by atoms with Gasteiger partial charge in [0, 0.05) is 17.3 Å². The normalized spacial score (nSPS) is 10.5. The van der Waals surface area contributed by atoms with Gasteiger partial charge in [0.15, 0.2) is 0 Å². The van der Waals surface area contributed by atoms with Crippen molar-refractivity contribution in [2.75, 3.05) is 13.6 Å². The van der Waals surface area contributed by atoms with Crippen molar-refractivity contribution in [3.05, 3.63) is 18.5 Å². The van der Waals surface area contributed by atoms with Crippen molar-refractivity contribution in [1.29, 1.82) is 0 Å². The molecule has 0 unspecified atom stereocenters. The molecule has 0 aromatic carbocycles. The Morgan fingerprint density at radius 3 is 3.08 bits per heavy atom. The summed E-state index contributed by atoms with van der Waals surface area (Å²) in [4.78, 5) is 14.2. The van der Waals surface area contributed by atoms with Crippen molar-refractivity contribution in [3.63, 3.8) is 0 Å². The number of likely N-dealkylation sites (N-methyl/N-ethyl adjacent to an activating group) is 1. The third-order valence-electron chi connectivity index (χ3n) is 1.19. The number of H-pyrrole nitrogens is 1. The first kappa shape index (κ1) is 9.15. The van der Waals surface area contributed by atoms with E-state index in [1.165, 1.54) is 11.9 Å². The van der Waals surface area contributed by atoms with Gasteiger partial charge in [0.05, 0.1) is 0 Å². The van der Waals surface area contributed by atoms with E-state index >= 15 is 0 Å². The number of aliphatic carboxylic acids is 1. The number of hydrogen-bond acceptors (Lipinski definition) is 3. The zero-order chi connectivity index (χ0) is 8.97. The Kier molecular flexibility index (Phi) is 3.19. The lowest BCUT2D eigenvalue weighted by molar-refractivity contribution is -0.136. The second kappa shape index (κ2) is 4.18. The van der Waals surface area contributed by atoms with Crippen molar-refractivity contribution >= 4 is 17.9 Å². The van der Waals surface area contributed by atoms with Gasteiger partial charge in [0.25, 0.3) is 0 Å². The number of aromatic nitrogens is 1. The predicted octanol–water partition coefficient (Wildman–Crippen LogP) is 1.04. The van der Waals surface area contributed by atoms with Crippen LogP contribution in [0, 0.1) is 0 Å². The second-order valence-corrected chi connectivity index (χ2v) is 3.60. The average Bonchev–Trinajstić information content (AvgIpc) is 2.37. The van der Waals surface area contributed by atoms with E-state index in [9.17, 15) is 4.79 Å². The van der Waals surface area contributed by atoms with E-state index in [2.05, 4.69) is 4.98 Å². The minimum atomic E-state index is -0.819. The molecule has 0 spiro atoms. The summed E-state index contributed by atoms with van der Waals surface area (Å²) < 4.78 is 1.66. The molecular formula is C7H10N2O2S. The fourth-order valence-electron chi connectivity index (χ4n) is 0.768. The van der Waals surface area contributed by atoms with Crippen LogP contribution >= 0.6 is 11.9 Å². The summed E-state index contributed by atoms with van der Waals surface area (Å²) in [5, 5.41) is 8.45. The van der Waals surface area contributed by atoms with Crippen LogP contribution in [-0.2, 0) is 4.79 Å². The van der Waals surface area contributed by atoms with Crippen LogP contribution in [-0.4, -0.2) is 34.0 Å². The molecule has 1 rings (SSSR count). The van der Waals surface area contributed by atoms with E-state index in [1.54, 1.807) is 17.5 Å². The molecule has 12 heavy (non-hydrogen) atoms. The van der Waals surface area contributed by atoms with Gasteiger partial charge in [-0.25, -0.2) is 4.31 Å². The lowest BCUT2D eigenvalue weighted by Crippen LogP contribution is -2.18. The number of aromatic amines is 1. The molecule has 4 nitrogen and oxygen atoms in total. The molecule has 0 aliphatic carbocycles. The van der Waals surface area contributed by atoms with Crippen LogP contribution in [0.1, 0.15) is 0 Å². The summed E-state index contributed by atoms with van der Waals surface area (Å²) in [7, 11) is 1.74. The molecule has 2 N–H and O–H groups in total. The number of rotatable bonds is 4. The van der Waals surface area contributed by atoms with Gasteiger partial charge in [-0.15, -0.1) is 0 Å². The Morgan fingerprint density at radius 2 is 2.58 bits per heavy atom. The van der Waals surface area contributed by atoms with Crippen molar-refractivity contribution in [1.82, 2.24) is 9.29 Å². The van der Waals surface area contributed by atoms with Gasteiger partial charge in [-0.2, -0.15) is 0 Å². The maximum absolute atomic E-state index is 10.3. The molecule has 0 saturated heterocycles. The first-order valence-corrected chi connectivity index (χ1v) is 4.19. The zero-order valence-corrected chi connectivity index (χ0v) is 7.47. The maximum Gasteiger partial charge on any atom is 0.318 e. The zero-order valence-electron chi connectivity index (χ0n) is 6.65. The highest BCUT2D eigenvalue weighted by molar-refractivity contribution is 7.97. The van der Waals surface area contributed by atoms with Crippen molar-refractivity contribution in [2.45, 2.75) is 4.90 Å². The number of nitrogens with one attached hydrogen (secondary N) is 1. The van der Waals surface area contributed by atoms with Gasteiger partial charge in [-0.05, 0) is 25.1 Å². The van der Waals surface area contributed by atoms with Crippen LogP contribution < -0.4 is 0 Å². The SMILES string of the molecule is CN(CC(=O)O)Sc1cc[nH]c1. The topological polar surface area (TPSA) is 56.3 Å². The van der Waals surface area contributed by atoms with Crippen LogP contribution in [0.15, 0.2) is 23.4 Å². The molecule has 0 aliphatic heterocycles. The highest BCUT2D eigenvalue weighted by Crippen LogP contribution is 2.19. The largest absolute Gasteiger partial charge is 0.480 e. The Labute approximate surface area is 74.7 Å². The molecule has 0 aliphatic rings. The summed E-state index contributed by atoms with van der Waals surface area (Å²) >= 11 is 1.40. The van der Waals surface area contributed by atoms with Crippen LogP contribution in [0.3, 0.4) is 0 Å². The maximum atomic E-state index is 10.3. The first-order chi connectivity index (χ1) is 5.68. The predicted molar refractivity (Wildman–Crippen MR) is 46.9 cm³/mol. The summed E-state index contributed by atoms with van der Waals surface area (Å²) in [5.74, 6) is -0.819. The molecule has 0 amide bonds. The molecule has 0 fully saturated rings. The Hall–Kier alpha value is -0.940. The number of carboxylic acids is 1. The van der Waals surface area contributed by atoms with E-state index in [4.69, 9.17) is 5.11 Å². The lowest BCUT2D eigenvalue weighted by atomic mass is 10.7. The summed E-state index contributed by atoms with van der Waals surface area (Å²) in [6.45, 7) is 0.0375. The highest BCUT2D eigenvalue weighted by Gasteiger charge is 2.05. The van der Waals surface area contributed by atoms with Crippen LogP contribution in [0.25, 0.3) is 0 Å². The molecule has 0 radical (unpaired) electrons. The van der Waals surface area contributed by atoms with Crippen LogP contribution in [0.5, 0.6) is 0 Å². The van der Waals surface area contributed by atoms with E-state index in [1.807, 2.05) is 12.3 Å². The molecule has 0 bridgehead atoms. The van der Waals surface area contributed by atoms with Gasteiger partial charge < -0.3 is 10.1 Å². The quantitative estimate of drug-likeness (QED) is 0.690. The van der Waals surface area contributed by atoms with E-state index < -0.39 is 5.97 Å². The summed E-state index contributed by atoms with van der Waals surface area (Å²) in [5.41, 5.74) is 0. The van der Waals surface area contributed by atoms with Gasteiger partial charge in [0.1, 0.15) is 6.54 Å². The van der Waals surface area contributed by atoms with E-state index in [0.717, 1.165) is 4.90 Å². The van der Waals surface area contributed by atoms with Gasteiger partial charge in [0.2, 0.25) is 0 Å². The number of nitrogens with zero attached hydrogens (tertiary/aromatic N) is 1. The minimum absolute atomic E-state index is 0.0375. The molecule has 0 saturated carbocycles. The smallest absolute Gasteiger partial charge is 0.318 e. The molecule has 5 heteroatoms. The van der Waals surface area contributed by atoms with Crippen molar-refractivity contribution < 1.29 is 9.90 Å². The van der Waals surface area contributed by atoms with E-state index in [0.29, 0.717) is 0 Å². The average molecular weight is 186 g/mol. The lowest BCUT2D eigenvalue weighted by Gasteiger charge is -2.10. The molecule has 1 aromatic heterocycles. The van der Waals surface area contributed by atoms with Gasteiger partial charge in [-0.3, -0.25) is 4.79 Å². The van der Waals surface area contributed by atoms with Crippen molar-refractivity contribution in [3.8, 4) is 0 Å². The van der Waals surface area contributed by atoms with Crippen LogP contribution in [0.2, 0.25) is 0 Å². The van der Waals surface area contributed by atoms with E-state index in [-0.39, 0.29) is 6.54 Å². The molecule has 1 heterocycles. The fraction of sp³-hybridized carbons (Fsp3) is 0.286. The first-order valence-electron chi connectivity index (χ1n) is 3.42. The third kappa shape index (κ3) is 2.98. The van der Waals surface area contributed by atoms with Gasteiger partial charge >= 0.3 is 5.97 Å².